The van der Waals surface area contributed by atoms with Crippen LogP contribution in [0.3, 0.4) is 0 Å². The normalized spacial score (nSPS) is 11.8. The minimum absolute atomic E-state index is 0.248. The van der Waals surface area contributed by atoms with E-state index in [0.29, 0.717) is 11.4 Å². The third kappa shape index (κ3) is 4.19. The van der Waals surface area contributed by atoms with Crippen molar-refractivity contribution in [3.8, 4) is 5.88 Å². The van der Waals surface area contributed by atoms with Crippen LogP contribution < -0.4 is 10.1 Å². The van der Waals surface area contributed by atoms with E-state index in [0.717, 1.165) is 27.1 Å². The van der Waals surface area contributed by atoms with E-state index in [4.69, 9.17) is 9.47 Å². The van der Waals surface area contributed by atoms with E-state index in [1.807, 2.05) is 48.5 Å². The summed E-state index contributed by atoms with van der Waals surface area (Å²) in [6.45, 7) is 0. The van der Waals surface area contributed by atoms with Crippen LogP contribution in [0.5, 0.6) is 5.88 Å². The molecule has 0 saturated carbocycles. The largest absolute Gasteiger partial charge is 0.481 e. The molecule has 0 spiro atoms. The summed E-state index contributed by atoms with van der Waals surface area (Å²) in [5.74, 6) is -0.372. The molecule has 0 bridgehead atoms. The number of hydrogen-bond donors (Lipinski definition) is 1. The van der Waals surface area contributed by atoms with Gasteiger partial charge in [0, 0.05) is 18.7 Å². The maximum Gasteiger partial charge on any atom is 0.328 e. The Morgan fingerprint density at radius 3 is 2.13 bits per heavy atom. The third-order valence-electron chi connectivity index (χ3n) is 5.24. The summed E-state index contributed by atoms with van der Waals surface area (Å²) in [7, 11) is 2.84. The average Bonchev–Trinajstić information content (AvgIpc) is 2.81. The SMILES string of the molecule is COC(=O)[C@H](Cc1ccc(OC)nc1)NC(=O)c1c2ccccc2cc2ccccc12. The van der Waals surface area contributed by atoms with Crippen molar-refractivity contribution >= 4 is 33.4 Å². The molecule has 0 aliphatic carbocycles. The van der Waals surface area contributed by atoms with Gasteiger partial charge in [0.25, 0.3) is 5.91 Å². The number of rotatable bonds is 6. The van der Waals surface area contributed by atoms with Gasteiger partial charge in [0.15, 0.2) is 0 Å². The molecule has 3 aromatic carbocycles. The smallest absolute Gasteiger partial charge is 0.328 e. The van der Waals surface area contributed by atoms with E-state index < -0.39 is 12.0 Å². The quantitative estimate of drug-likeness (QED) is 0.382. The molecule has 1 aromatic heterocycles. The maximum absolute atomic E-state index is 13.4. The molecule has 6 nitrogen and oxygen atoms in total. The summed E-state index contributed by atoms with van der Waals surface area (Å²) in [5.41, 5.74) is 1.31. The molecule has 4 rings (SSSR count). The van der Waals surface area contributed by atoms with Gasteiger partial charge in [-0.15, -0.1) is 0 Å². The van der Waals surface area contributed by atoms with Crippen molar-refractivity contribution in [2.24, 2.45) is 0 Å². The van der Waals surface area contributed by atoms with Gasteiger partial charge < -0.3 is 14.8 Å². The molecule has 156 valence electrons. The summed E-state index contributed by atoms with van der Waals surface area (Å²) < 4.78 is 10.0. The zero-order valence-corrected chi connectivity index (χ0v) is 17.3. The second-order valence-corrected chi connectivity index (χ2v) is 7.16. The molecule has 1 heterocycles. The highest BCUT2D eigenvalue weighted by molar-refractivity contribution is 6.18. The molecule has 4 aromatic rings. The van der Waals surface area contributed by atoms with Crippen molar-refractivity contribution in [3.63, 3.8) is 0 Å². The summed E-state index contributed by atoms with van der Waals surface area (Å²) in [6.07, 6.45) is 1.87. The number of ether oxygens (including phenoxy) is 2. The van der Waals surface area contributed by atoms with Gasteiger partial charge in [-0.3, -0.25) is 4.79 Å². The fourth-order valence-corrected chi connectivity index (χ4v) is 3.71. The summed E-state index contributed by atoms with van der Waals surface area (Å²) in [6, 6.07) is 20.2. The van der Waals surface area contributed by atoms with Crippen LogP contribution in [0.25, 0.3) is 21.5 Å². The molecule has 0 radical (unpaired) electrons. The Hall–Kier alpha value is -3.93. The van der Waals surface area contributed by atoms with Gasteiger partial charge in [-0.05, 0) is 33.2 Å². The lowest BCUT2D eigenvalue weighted by Crippen LogP contribution is -2.43. The minimum Gasteiger partial charge on any atom is -0.481 e. The van der Waals surface area contributed by atoms with Crippen molar-refractivity contribution in [2.75, 3.05) is 14.2 Å². The number of nitrogens with one attached hydrogen (secondary N) is 1. The maximum atomic E-state index is 13.4. The lowest BCUT2D eigenvalue weighted by atomic mass is 9.96. The van der Waals surface area contributed by atoms with E-state index in [1.165, 1.54) is 14.2 Å². The second-order valence-electron chi connectivity index (χ2n) is 7.16. The number of methoxy groups -OCH3 is 2. The Kier molecular flexibility index (Phi) is 5.80. The van der Waals surface area contributed by atoms with Gasteiger partial charge >= 0.3 is 5.97 Å². The first-order valence-electron chi connectivity index (χ1n) is 9.89. The number of fused-ring (bicyclic) bond motifs is 2. The first-order valence-corrected chi connectivity index (χ1v) is 9.89. The highest BCUT2D eigenvalue weighted by Crippen LogP contribution is 2.28. The summed E-state index contributed by atoms with van der Waals surface area (Å²) >= 11 is 0. The minimum atomic E-state index is -0.856. The zero-order chi connectivity index (χ0) is 21.8. The van der Waals surface area contributed by atoms with Crippen LogP contribution in [0, 0.1) is 0 Å². The van der Waals surface area contributed by atoms with Gasteiger partial charge in [0.05, 0.1) is 19.8 Å². The molecule has 0 aliphatic heterocycles. The van der Waals surface area contributed by atoms with Gasteiger partial charge in [-0.2, -0.15) is 0 Å². The highest BCUT2D eigenvalue weighted by atomic mass is 16.5. The number of benzene rings is 3. The Morgan fingerprint density at radius 1 is 0.935 bits per heavy atom. The molecule has 0 aliphatic rings. The predicted molar refractivity (Wildman–Crippen MR) is 119 cm³/mol. The number of carbonyl (C=O) groups is 2. The fraction of sp³-hybridized carbons (Fsp3) is 0.160. The molecule has 0 saturated heterocycles. The van der Waals surface area contributed by atoms with E-state index >= 15 is 0 Å². The Morgan fingerprint density at radius 2 is 1.58 bits per heavy atom. The van der Waals surface area contributed by atoms with Crippen LogP contribution in [0.1, 0.15) is 15.9 Å². The topological polar surface area (TPSA) is 77.5 Å². The number of aromatic nitrogens is 1. The predicted octanol–water partition coefficient (Wildman–Crippen LogP) is 3.91. The van der Waals surface area contributed by atoms with E-state index in [9.17, 15) is 9.59 Å². The number of nitrogens with zero attached hydrogens (tertiary/aromatic N) is 1. The molecule has 1 amide bonds. The van der Waals surface area contributed by atoms with Gasteiger partial charge in [-0.25, -0.2) is 9.78 Å². The average molecular weight is 414 g/mol. The first-order chi connectivity index (χ1) is 15.1. The van der Waals surface area contributed by atoms with Crippen LogP contribution in [0.15, 0.2) is 72.9 Å². The van der Waals surface area contributed by atoms with Gasteiger partial charge in [-0.1, -0.05) is 54.6 Å². The molecular formula is C25H22N2O4. The summed E-state index contributed by atoms with van der Waals surface area (Å²) in [4.78, 5) is 30.1. The molecule has 1 atom stereocenters. The number of carbonyl (C=O) groups excluding carboxylic acids is 2. The fourth-order valence-electron chi connectivity index (χ4n) is 3.71. The number of hydrogen-bond acceptors (Lipinski definition) is 5. The Balaban J connectivity index is 1.71. The second kappa shape index (κ2) is 8.83. The number of pyridine rings is 1. The van der Waals surface area contributed by atoms with Gasteiger partial charge in [0.2, 0.25) is 5.88 Å². The monoisotopic (exact) mass is 414 g/mol. The molecule has 31 heavy (non-hydrogen) atoms. The van der Waals surface area contributed by atoms with Crippen LogP contribution in [-0.2, 0) is 16.0 Å². The van der Waals surface area contributed by atoms with Crippen LogP contribution >= 0.6 is 0 Å². The number of amides is 1. The number of esters is 1. The van der Waals surface area contributed by atoms with Crippen molar-refractivity contribution in [2.45, 2.75) is 12.5 Å². The van der Waals surface area contributed by atoms with E-state index in [1.54, 1.807) is 18.3 Å². The van der Waals surface area contributed by atoms with Crippen molar-refractivity contribution in [1.82, 2.24) is 10.3 Å². The summed E-state index contributed by atoms with van der Waals surface area (Å²) in [5, 5.41) is 6.44. The lowest BCUT2D eigenvalue weighted by Gasteiger charge is -2.18. The standard InChI is InChI=1S/C25H22N2O4/c1-30-22-12-11-16(15-26-22)13-21(25(29)31-2)27-24(28)23-19-9-5-3-7-17(19)14-18-8-4-6-10-20(18)23/h3-12,14-15,21H,13H2,1-2H3,(H,27,28)/t21-/m0/s1. The lowest BCUT2D eigenvalue weighted by molar-refractivity contribution is -0.142. The molecule has 1 N–H and O–H groups in total. The van der Waals surface area contributed by atoms with Crippen molar-refractivity contribution in [3.05, 3.63) is 84.1 Å². The van der Waals surface area contributed by atoms with E-state index in [-0.39, 0.29) is 12.3 Å². The van der Waals surface area contributed by atoms with Crippen molar-refractivity contribution < 1.29 is 19.1 Å². The Labute approximate surface area is 179 Å². The molecule has 0 unspecified atom stereocenters. The third-order valence-corrected chi connectivity index (χ3v) is 5.24. The first kappa shape index (κ1) is 20.3. The zero-order valence-electron chi connectivity index (χ0n) is 17.3. The molecule has 0 fully saturated rings. The Bertz CT molecular complexity index is 1200. The van der Waals surface area contributed by atoms with Crippen molar-refractivity contribution in [1.29, 1.82) is 0 Å². The van der Waals surface area contributed by atoms with E-state index in [2.05, 4.69) is 16.4 Å². The molecular weight excluding hydrogens is 392 g/mol. The van der Waals surface area contributed by atoms with Crippen LogP contribution in [0.4, 0.5) is 0 Å². The molecule has 6 heteroatoms. The van der Waals surface area contributed by atoms with Crippen LogP contribution in [0.2, 0.25) is 0 Å². The highest BCUT2D eigenvalue weighted by Gasteiger charge is 2.25. The van der Waals surface area contributed by atoms with Crippen LogP contribution in [-0.4, -0.2) is 37.1 Å². The van der Waals surface area contributed by atoms with Gasteiger partial charge in [0.1, 0.15) is 6.04 Å².